The topological polar surface area (TPSA) is 60.3 Å². The van der Waals surface area contributed by atoms with E-state index in [1.165, 1.54) is 5.56 Å². The fraction of sp³-hybridized carbons (Fsp3) is 0.222. The van der Waals surface area contributed by atoms with E-state index in [1.54, 1.807) is 23.7 Å². The van der Waals surface area contributed by atoms with Crippen molar-refractivity contribution in [2.24, 2.45) is 7.05 Å². The number of nitrogens with zero attached hydrogens (tertiary/aromatic N) is 1. The Labute approximate surface area is 157 Å². The number of anilines is 1. The molecule has 0 bridgehead atoms. The Kier molecular flexibility index (Phi) is 5.24. The maximum absolute atomic E-state index is 12.1. The SMILES string of the molecule is CCc1ccc(OCC(=O)Nc2ccc3c(c2)sc(=O)n3C)c(Br)c1. The van der Waals surface area contributed by atoms with Crippen molar-refractivity contribution in [3.8, 4) is 5.75 Å². The van der Waals surface area contributed by atoms with Crippen molar-refractivity contribution in [1.29, 1.82) is 0 Å². The van der Waals surface area contributed by atoms with Crippen molar-refractivity contribution in [1.82, 2.24) is 4.57 Å². The number of rotatable bonds is 5. The number of amides is 1. The predicted octanol–water partition coefficient (Wildman–Crippen LogP) is 3.94. The van der Waals surface area contributed by atoms with Gasteiger partial charge in [0.1, 0.15) is 5.75 Å². The molecule has 0 fully saturated rings. The van der Waals surface area contributed by atoms with Crippen LogP contribution >= 0.6 is 27.3 Å². The summed E-state index contributed by atoms with van der Waals surface area (Å²) in [5, 5.41) is 2.79. The number of benzene rings is 2. The molecule has 7 heteroatoms. The zero-order valence-corrected chi connectivity index (χ0v) is 16.2. The Morgan fingerprint density at radius 2 is 2.08 bits per heavy atom. The van der Waals surface area contributed by atoms with Gasteiger partial charge >= 0.3 is 4.87 Å². The molecule has 0 aliphatic heterocycles. The lowest BCUT2D eigenvalue weighted by Gasteiger charge is -2.10. The molecule has 130 valence electrons. The molecule has 0 spiro atoms. The third-order valence-electron chi connectivity index (χ3n) is 3.84. The Balaban J connectivity index is 1.65. The van der Waals surface area contributed by atoms with Crippen molar-refractivity contribution < 1.29 is 9.53 Å². The summed E-state index contributed by atoms with van der Waals surface area (Å²) >= 11 is 4.61. The zero-order valence-electron chi connectivity index (χ0n) is 13.8. The minimum Gasteiger partial charge on any atom is -0.483 e. The quantitative estimate of drug-likeness (QED) is 0.679. The van der Waals surface area contributed by atoms with E-state index in [0.29, 0.717) is 11.4 Å². The number of nitrogens with one attached hydrogen (secondary N) is 1. The standard InChI is InChI=1S/C18H17BrN2O3S/c1-3-11-4-7-15(13(19)8-11)24-10-17(22)20-12-5-6-14-16(9-12)25-18(23)21(14)2/h4-9H,3,10H2,1-2H3,(H,20,22). The van der Waals surface area contributed by atoms with E-state index in [-0.39, 0.29) is 17.4 Å². The van der Waals surface area contributed by atoms with Gasteiger partial charge in [0.25, 0.3) is 5.91 Å². The second-order valence-corrected chi connectivity index (χ2v) is 7.41. The summed E-state index contributed by atoms with van der Waals surface area (Å²) in [7, 11) is 1.73. The van der Waals surface area contributed by atoms with Crippen LogP contribution in [-0.4, -0.2) is 17.1 Å². The van der Waals surface area contributed by atoms with Gasteiger partial charge in [-0.1, -0.05) is 24.3 Å². The van der Waals surface area contributed by atoms with Crippen LogP contribution < -0.4 is 14.9 Å². The molecule has 3 rings (SSSR count). The maximum atomic E-state index is 12.1. The molecular formula is C18H17BrN2O3S. The van der Waals surface area contributed by atoms with Gasteiger partial charge in [0, 0.05) is 12.7 Å². The first kappa shape index (κ1) is 17.7. The molecule has 0 saturated carbocycles. The molecule has 25 heavy (non-hydrogen) atoms. The number of halogens is 1. The highest BCUT2D eigenvalue weighted by Crippen LogP contribution is 2.26. The molecule has 5 nitrogen and oxygen atoms in total. The van der Waals surface area contributed by atoms with Gasteiger partial charge < -0.3 is 14.6 Å². The summed E-state index contributed by atoms with van der Waals surface area (Å²) in [5.41, 5.74) is 2.69. The first-order chi connectivity index (χ1) is 12.0. The van der Waals surface area contributed by atoms with Crippen LogP contribution in [0.1, 0.15) is 12.5 Å². The Hall–Kier alpha value is -2.12. The Bertz CT molecular complexity index is 994. The molecule has 0 unspecified atom stereocenters. The van der Waals surface area contributed by atoms with E-state index in [4.69, 9.17) is 4.74 Å². The molecule has 0 saturated heterocycles. The lowest BCUT2D eigenvalue weighted by atomic mass is 10.2. The van der Waals surface area contributed by atoms with Crippen molar-refractivity contribution in [2.75, 3.05) is 11.9 Å². The largest absolute Gasteiger partial charge is 0.483 e. The van der Waals surface area contributed by atoms with Crippen LogP contribution in [0.25, 0.3) is 10.2 Å². The van der Waals surface area contributed by atoms with Crippen LogP contribution in [0.15, 0.2) is 45.7 Å². The summed E-state index contributed by atoms with van der Waals surface area (Å²) in [6.45, 7) is 1.99. The van der Waals surface area contributed by atoms with Gasteiger partial charge in [-0.15, -0.1) is 0 Å². The van der Waals surface area contributed by atoms with Crippen molar-refractivity contribution >= 4 is 49.1 Å². The van der Waals surface area contributed by atoms with Crippen LogP contribution in [0.5, 0.6) is 5.75 Å². The molecular weight excluding hydrogens is 404 g/mol. The van der Waals surface area contributed by atoms with Crippen LogP contribution in [0, 0.1) is 0 Å². The second kappa shape index (κ2) is 7.41. The number of fused-ring (bicyclic) bond motifs is 1. The molecule has 3 aromatic rings. The number of aryl methyl sites for hydroxylation is 2. The Morgan fingerprint density at radius 3 is 2.80 bits per heavy atom. The third-order valence-corrected chi connectivity index (χ3v) is 5.45. The number of aromatic nitrogens is 1. The first-order valence-electron chi connectivity index (χ1n) is 7.78. The monoisotopic (exact) mass is 420 g/mol. The van der Waals surface area contributed by atoms with Crippen LogP contribution in [0.3, 0.4) is 0 Å². The normalized spacial score (nSPS) is 10.8. The molecule has 0 radical (unpaired) electrons. The molecule has 0 aliphatic carbocycles. The second-order valence-electron chi connectivity index (χ2n) is 5.56. The maximum Gasteiger partial charge on any atom is 0.307 e. The average molecular weight is 421 g/mol. The number of thiazole rings is 1. The molecule has 1 N–H and O–H groups in total. The van der Waals surface area contributed by atoms with E-state index >= 15 is 0 Å². The summed E-state index contributed by atoms with van der Waals surface area (Å²) in [6.07, 6.45) is 0.938. The smallest absolute Gasteiger partial charge is 0.307 e. The zero-order chi connectivity index (χ0) is 18.0. The van der Waals surface area contributed by atoms with Gasteiger partial charge in [-0.05, 0) is 58.2 Å². The molecule has 1 amide bonds. The minimum atomic E-state index is -0.255. The number of ether oxygens (including phenoxy) is 1. The van der Waals surface area contributed by atoms with E-state index < -0.39 is 0 Å². The van der Waals surface area contributed by atoms with Gasteiger partial charge in [-0.25, -0.2) is 0 Å². The van der Waals surface area contributed by atoms with Gasteiger partial charge in [-0.2, -0.15) is 0 Å². The third kappa shape index (κ3) is 3.93. The predicted molar refractivity (Wildman–Crippen MR) is 105 cm³/mol. The summed E-state index contributed by atoms with van der Waals surface area (Å²) in [5.74, 6) is 0.373. The van der Waals surface area contributed by atoms with Gasteiger partial charge in [0.2, 0.25) is 0 Å². The summed E-state index contributed by atoms with van der Waals surface area (Å²) in [6, 6.07) is 11.2. The lowest BCUT2D eigenvalue weighted by molar-refractivity contribution is -0.118. The summed E-state index contributed by atoms with van der Waals surface area (Å²) < 4.78 is 8.83. The molecule has 2 aromatic carbocycles. The van der Waals surface area contributed by atoms with Crippen molar-refractivity contribution in [2.45, 2.75) is 13.3 Å². The van der Waals surface area contributed by atoms with E-state index in [1.807, 2.05) is 24.3 Å². The van der Waals surface area contributed by atoms with Crippen LogP contribution in [0.4, 0.5) is 5.69 Å². The van der Waals surface area contributed by atoms with Crippen LogP contribution in [-0.2, 0) is 18.3 Å². The molecule has 1 heterocycles. The van der Waals surface area contributed by atoms with Gasteiger partial charge in [-0.3, -0.25) is 9.59 Å². The fourth-order valence-electron chi connectivity index (χ4n) is 2.43. The van der Waals surface area contributed by atoms with Gasteiger partial charge in [0.15, 0.2) is 6.61 Å². The molecule has 0 atom stereocenters. The van der Waals surface area contributed by atoms with Gasteiger partial charge in [0.05, 0.1) is 14.7 Å². The minimum absolute atomic E-state index is 0.0258. The molecule has 0 aliphatic rings. The number of hydrogen-bond acceptors (Lipinski definition) is 4. The van der Waals surface area contributed by atoms with E-state index in [9.17, 15) is 9.59 Å². The molecule has 1 aromatic heterocycles. The van der Waals surface area contributed by atoms with Crippen LogP contribution in [0.2, 0.25) is 0 Å². The highest BCUT2D eigenvalue weighted by atomic mass is 79.9. The van der Waals surface area contributed by atoms with E-state index in [0.717, 1.165) is 32.4 Å². The number of hydrogen-bond donors (Lipinski definition) is 1. The number of carbonyl (C=O) groups excluding carboxylic acids is 1. The van der Waals surface area contributed by atoms with Crippen molar-refractivity contribution in [3.05, 3.63) is 56.1 Å². The van der Waals surface area contributed by atoms with Crippen molar-refractivity contribution in [3.63, 3.8) is 0 Å². The average Bonchev–Trinajstić information content (AvgIpc) is 2.87. The summed E-state index contributed by atoms with van der Waals surface area (Å²) in [4.78, 5) is 23.8. The van der Waals surface area contributed by atoms with E-state index in [2.05, 4.69) is 28.2 Å². The highest BCUT2D eigenvalue weighted by molar-refractivity contribution is 9.10. The fourth-order valence-corrected chi connectivity index (χ4v) is 3.89. The Morgan fingerprint density at radius 1 is 1.28 bits per heavy atom. The lowest BCUT2D eigenvalue weighted by Crippen LogP contribution is -2.20. The number of carbonyl (C=O) groups is 1. The first-order valence-corrected chi connectivity index (χ1v) is 9.39. The highest BCUT2D eigenvalue weighted by Gasteiger charge is 2.09.